The quantitative estimate of drug-likeness (QED) is 0.591. The van der Waals surface area contributed by atoms with Gasteiger partial charge in [0.05, 0.1) is 0 Å². The highest BCUT2D eigenvalue weighted by Crippen LogP contribution is 2.11. The van der Waals surface area contributed by atoms with Crippen LogP contribution in [0.2, 0.25) is 0 Å². The minimum atomic E-state index is -0.831. The Bertz CT molecular complexity index is 383. The number of hydrazine groups is 1. The SMILES string of the molecule is CNNC(=O)CCCCc1ccc(F)c(F)c1. The molecule has 0 fully saturated rings. The van der Waals surface area contributed by atoms with Gasteiger partial charge in [0.15, 0.2) is 11.6 Å². The molecule has 0 unspecified atom stereocenters. The summed E-state index contributed by atoms with van der Waals surface area (Å²) in [6.07, 6.45) is 2.54. The molecule has 0 atom stereocenters. The van der Waals surface area contributed by atoms with E-state index in [0.717, 1.165) is 18.1 Å². The summed E-state index contributed by atoms with van der Waals surface area (Å²) in [5.41, 5.74) is 5.76. The van der Waals surface area contributed by atoms with Crippen LogP contribution >= 0.6 is 0 Å². The van der Waals surface area contributed by atoms with Crippen LogP contribution in [0.5, 0.6) is 0 Å². The molecule has 1 amide bonds. The van der Waals surface area contributed by atoms with Crippen molar-refractivity contribution in [3.05, 3.63) is 35.4 Å². The van der Waals surface area contributed by atoms with Gasteiger partial charge in [0.2, 0.25) is 5.91 Å². The molecule has 3 nitrogen and oxygen atoms in total. The van der Waals surface area contributed by atoms with Gasteiger partial charge in [-0.3, -0.25) is 10.2 Å². The molecule has 0 bridgehead atoms. The van der Waals surface area contributed by atoms with E-state index in [2.05, 4.69) is 10.9 Å². The molecule has 1 aromatic carbocycles. The van der Waals surface area contributed by atoms with Gasteiger partial charge in [0.25, 0.3) is 0 Å². The zero-order chi connectivity index (χ0) is 12.7. The van der Waals surface area contributed by atoms with E-state index in [9.17, 15) is 13.6 Å². The molecule has 0 saturated carbocycles. The smallest absolute Gasteiger partial charge is 0.234 e. The molecule has 2 N–H and O–H groups in total. The largest absolute Gasteiger partial charge is 0.292 e. The third-order valence-corrected chi connectivity index (χ3v) is 2.37. The van der Waals surface area contributed by atoms with E-state index < -0.39 is 11.6 Å². The molecule has 0 radical (unpaired) electrons. The summed E-state index contributed by atoms with van der Waals surface area (Å²) < 4.78 is 25.5. The van der Waals surface area contributed by atoms with Crippen molar-refractivity contribution >= 4 is 5.91 Å². The standard InChI is InChI=1S/C12H16F2N2O/c1-15-16-12(17)5-3-2-4-9-6-7-10(13)11(14)8-9/h6-8,15H,2-5H2,1H3,(H,16,17). The number of amides is 1. The van der Waals surface area contributed by atoms with E-state index in [0.29, 0.717) is 19.3 Å². The average Bonchev–Trinajstić information content (AvgIpc) is 2.29. The van der Waals surface area contributed by atoms with Crippen LogP contribution in [0.1, 0.15) is 24.8 Å². The van der Waals surface area contributed by atoms with Crippen LogP contribution in [-0.4, -0.2) is 13.0 Å². The van der Waals surface area contributed by atoms with Crippen molar-refractivity contribution in [1.29, 1.82) is 0 Å². The number of hydrogen-bond acceptors (Lipinski definition) is 2. The Morgan fingerprint density at radius 2 is 2.00 bits per heavy atom. The summed E-state index contributed by atoms with van der Waals surface area (Å²) in [5, 5.41) is 0. The maximum absolute atomic E-state index is 12.9. The molecular weight excluding hydrogens is 226 g/mol. The number of carbonyl (C=O) groups excluding carboxylic acids is 1. The van der Waals surface area contributed by atoms with Gasteiger partial charge in [0.1, 0.15) is 0 Å². The predicted molar refractivity (Wildman–Crippen MR) is 61.1 cm³/mol. The summed E-state index contributed by atoms with van der Waals surface area (Å²) in [6, 6.07) is 3.88. The van der Waals surface area contributed by atoms with Gasteiger partial charge in [-0.05, 0) is 37.0 Å². The first kappa shape index (κ1) is 13.6. The Kier molecular flexibility index (Phi) is 5.56. The molecular formula is C12H16F2N2O. The van der Waals surface area contributed by atoms with E-state index in [1.54, 1.807) is 13.1 Å². The highest BCUT2D eigenvalue weighted by atomic mass is 19.2. The minimum Gasteiger partial charge on any atom is -0.292 e. The number of aryl methyl sites for hydroxylation is 1. The first-order chi connectivity index (χ1) is 8.13. The van der Waals surface area contributed by atoms with Crippen LogP contribution in [0.3, 0.4) is 0 Å². The number of unbranched alkanes of at least 4 members (excludes halogenated alkanes) is 1. The molecule has 94 valence electrons. The zero-order valence-corrected chi connectivity index (χ0v) is 9.72. The lowest BCUT2D eigenvalue weighted by Crippen LogP contribution is -2.33. The molecule has 1 rings (SSSR count). The molecule has 17 heavy (non-hydrogen) atoms. The molecule has 0 aliphatic rings. The molecule has 0 spiro atoms. The molecule has 0 aliphatic heterocycles. The van der Waals surface area contributed by atoms with Gasteiger partial charge in [-0.15, -0.1) is 0 Å². The number of nitrogens with one attached hydrogen (secondary N) is 2. The second-order valence-electron chi connectivity index (χ2n) is 3.75. The van der Waals surface area contributed by atoms with Gasteiger partial charge in [0, 0.05) is 13.5 Å². The lowest BCUT2D eigenvalue weighted by Gasteiger charge is -2.03. The van der Waals surface area contributed by atoms with Crippen LogP contribution < -0.4 is 10.9 Å². The van der Waals surface area contributed by atoms with Gasteiger partial charge >= 0.3 is 0 Å². The normalized spacial score (nSPS) is 10.3. The van der Waals surface area contributed by atoms with Crippen molar-refractivity contribution in [1.82, 2.24) is 10.9 Å². The lowest BCUT2D eigenvalue weighted by atomic mass is 10.1. The van der Waals surface area contributed by atoms with Crippen molar-refractivity contribution in [2.45, 2.75) is 25.7 Å². The first-order valence-electron chi connectivity index (χ1n) is 5.53. The van der Waals surface area contributed by atoms with E-state index in [1.165, 1.54) is 6.07 Å². The number of benzene rings is 1. The molecule has 5 heteroatoms. The third kappa shape index (κ3) is 4.91. The molecule has 0 saturated heterocycles. The Labute approximate surface area is 99.2 Å². The highest BCUT2D eigenvalue weighted by Gasteiger charge is 2.03. The fraction of sp³-hybridized carbons (Fsp3) is 0.417. The highest BCUT2D eigenvalue weighted by molar-refractivity contribution is 5.75. The molecule has 0 heterocycles. The minimum absolute atomic E-state index is 0.0715. The van der Waals surface area contributed by atoms with Crippen LogP contribution in [0.25, 0.3) is 0 Å². The van der Waals surface area contributed by atoms with Gasteiger partial charge in [-0.25, -0.2) is 14.2 Å². The van der Waals surface area contributed by atoms with E-state index in [1.807, 2.05) is 0 Å². The van der Waals surface area contributed by atoms with Crippen LogP contribution in [0.4, 0.5) is 8.78 Å². The topological polar surface area (TPSA) is 41.1 Å². The van der Waals surface area contributed by atoms with E-state index in [-0.39, 0.29) is 5.91 Å². The first-order valence-corrected chi connectivity index (χ1v) is 5.53. The van der Waals surface area contributed by atoms with Crippen molar-refractivity contribution in [3.8, 4) is 0 Å². The molecule has 0 aromatic heterocycles. The maximum Gasteiger partial charge on any atom is 0.234 e. The van der Waals surface area contributed by atoms with Crippen molar-refractivity contribution in [3.63, 3.8) is 0 Å². The number of rotatable bonds is 6. The van der Waals surface area contributed by atoms with Crippen LogP contribution in [0, 0.1) is 11.6 Å². The number of carbonyl (C=O) groups is 1. The zero-order valence-electron chi connectivity index (χ0n) is 9.72. The summed E-state index contributed by atoms with van der Waals surface area (Å²) >= 11 is 0. The van der Waals surface area contributed by atoms with Crippen molar-refractivity contribution < 1.29 is 13.6 Å². The monoisotopic (exact) mass is 242 g/mol. The number of halogens is 2. The van der Waals surface area contributed by atoms with Crippen LogP contribution in [0.15, 0.2) is 18.2 Å². The lowest BCUT2D eigenvalue weighted by molar-refractivity contribution is -0.122. The van der Waals surface area contributed by atoms with Crippen LogP contribution in [-0.2, 0) is 11.2 Å². The summed E-state index contributed by atoms with van der Waals surface area (Å²) in [7, 11) is 1.62. The Balaban J connectivity index is 2.26. The summed E-state index contributed by atoms with van der Waals surface area (Å²) in [4.78, 5) is 11.1. The maximum atomic E-state index is 12.9. The summed E-state index contributed by atoms with van der Waals surface area (Å²) in [6.45, 7) is 0. The van der Waals surface area contributed by atoms with Crippen molar-refractivity contribution in [2.75, 3.05) is 7.05 Å². The summed E-state index contributed by atoms with van der Waals surface area (Å²) in [5.74, 6) is -1.73. The second-order valence-corrected chi connectivity index (χ2v) is 3.75. The fourth-order valence-electron chi connectivity index (χ4n) is 1.51. The number of hydrogen-bond donors (Lipinski definition) is 2. The van der Waals surface area contributed by atoms with E-state index in [4.69, 9.17) is 0 Å². The fourth-order valence-corrected chi connectivity index (χ4v) is 1.51. The molecule has 0 aliphatic carbocycles. The predicted octanol–water partition coefficient (Wildman–Crippen LogP) is 1.93. The van der Waals surface area contributed by atoms with Gasteiger partial charge in [-0.1, -0.05) is 6.07 Å². The second kappa shape index (κ2) is 6.96. The Hall–Kier alpha value is -1.49. The molecule has 1 aromatic rings. The Morgan fingerprint density at radius 1 is 1.24 bits per heavy atom. The third-order valence-electron chi connectivity index (χ3n) is 2.37. The van der Waals surface area contributed by atoms with E-state index >= 15 is 0 Å². The Morgan fingerprint density at radius 3 is 2.65 bits per heavy atom. The van der Waals surface area contributed by atoms with Crippen molar-refractivity contribution in [2.24, 2.45) is 0 Å². The van der Waals surface area contributed by atoms with Gasteiger partial charge in [-0.2, -0.15) is 0 Å². The average molecular weight is 242 g/mol. The van der Waals surface area contributed by atoms with Gasteiger partial charge < -0.3 is 0 Å².